The Morgan fingerprint density at radius 1 is 1.30 bits per heavy atom. The summed E-state index contributed by atoms with van der Waals surface area (Å²) in [7, 11) is -3.29. The van der Waals surface area contributed by atoms with Crippen molar-refractivity contribution in [3.8, 4) is 0 Å². The van der Waals surface area contributed by atoms with Crippen molar-refractivity contribution in [2.45, 2.75) is 57.7 Å². The number of hydrogen-bond acceptors (Lipinski definition) is 6. The Morgan fingerprint density at radius 2 is 1.87 bits per heavy atom. The summed E-state index contributed by atoms with van der Waals surface area (Å²) in [6.07, 6.45) is 3.61. The quantitative estimate of drug-likeness (QED) is 0.898. The van der Waals surface area contributed by atoms with Crippen LogP contribution in [0.25, 0.3) is 0 Å². The Balaban J connectivity index is 2.19. The van der Waals surface area contributed by atoms with Crippen molar-refractivity contribution in [2.24, 2.45) is 0 Å². The van der Waals surface area contributed by atoms with E-state index >= 15 is 0 Å². The van der Waals surface area contributed by atoms with Crippen LogP contribution in [0.2, 0.25) is 0 Å². The van der Waals surface area contributed by atoms with Gasteiger partial charge >= 0.3 is 5.97 Å². The number of furan rings is 1. The van der Waals surface area contributed by atoms with Crippen LogP contribution < -0.4 is 4.72 Å². The van der Waals surface area contributed by atoms with Crippen molar-refractivity contribution in [1.82, 2.24) is 9.79 Å². The Kier molecular flexibility index (Phi) is 4.62. The first-order chi connectivity index (χ1) is 10.4. The molecule has 1 aliphatic heterocycles. The monoisotopic (exact) mass is 344 g/mol. The van der Waals surface area contributed by atoms with Gasteiger partial charge in [0.1, 0.15) is 0 Å². The zero-order chi connectivity index (χ0) is 17.5. The molecule has 0 radical (unpaired) electrons. The maximum atomic E-state index is 12.2. The fraction of sp³-hybridized carbons (Fsp3) is 0.667. The first-order valence-corrected chi connectivity index (χ1v) is 9.33. The lowest BCUT2D eigenvalue weighted by atomic mass is 9.79. The summed E-state index contributed by atoms with van der Waals surface area (Å²) in [6.45, 7) is 7.67. The first-order valence-electron chi connectivity index (χ1n) is 7.44. The molecule has 2 rings (SSSR count). The Morgan fingerprint density at radius 3 is 2.30 bits per heavy atom. The number of nitrogens with one attached hydrogen (secondary N) is 1. The van der Waals surface area contributed by atoms with Gasteiger partial charge in [-0.2, -0.15) is 0 Å². The van der Waals surface area contributed by atoms with Crippen molar-refractivity contribution in [1.29, 1.82) is 0 Å². The number of nitrogens with zero attached hydrogens (tertiary/aromatic N) is 1. The van der Waals surface area contributed by atoms with Crippen molar-refractivity contribution < 1.29 is 22.5 Å². The third-order valence-electron chi connectivity index (χ3n) is 3.87. The molecule has 0 atom stereocenters. The summed E-state index contributed by atoms with van der Waals surface area (Å²) in [5.41, 5.74) is -1.07. The highest BCUT2D eigenvalue weighted by molar-refractivity contribution is 7.88. The maximum Gasteiger partial charge on any atom is 0.393 e. The van der Waals surface area contributed by atoms with Crippen LogP contribution in [0.5, 0.6) is 0 Å². The van der Waals surface area contributed by atoms with Crippen LogP contribution in [-0.4, -0.2) is 42.8 Å². The number of sulfonamides is 1. The highest BCUT2D eigenvalue weighted by Gasteiger charge is 2.48. The predicted molar refractivity (Wildman–Crippen MR) is 85.1 cm³/mol. The van der Waals surface area contributed by atoms with E-state index in [4.69, 9.17) is 9.25 Å². The van der Waals surface area contributed by atoms with E-state index in [2.05, 4.69) is 4.72 Å². The molecular formula is C15H24N2O5S. The number of rotatable bonds is 4. The van der Waals surface area contributed by atoms with Gasteiger partial charge in [0, 0.05) is 6.04 Å². The van der Waals surface area contributed by atoms with Crippen molar-refractivity contribution in [2.75, 3.05) is 6.26 Å². The Labute approximate surface area is 137 Å². The summed E-state index contributed by atoms with van der Waals surface area (Å²) in [5.74, 6) is -0.432. The number of hydrogen-bond donors (Lipinski definition) is 1. The van der Waals surface area contributed by atoms with Crippen molar-refractivity contribution in [3.05, 3.63) is 24.2 Å². The second-order valence-corrected chi connectivity index (χ2v) is 9.05. The molecule has 1 fully saturated rings. The van der Waals surface area contributed by atoms with Gasteiger partial charge in [-0.15, -0.1) is 5.06 Å². The van der Waals surface area contributed by atoms with Gasteiger partial charge in [-0.05, 0) is 52.7 Å². The number of hydroxylamine groups is 2. The fourth-order valence-corrected chi connectivity index (χ4v) is 4.19. The lowest BCUT2D eigenvalue weighted by Gasteiger charge is -2.52. The van der Waals surface area contributed by atoms with E-state index in [9.17, 15) is 13.2 Å². The van der Waals surface area contributed by atoms with Crippen molar-refractivity contribution >= 4 is 16.0 Å². The van der Waals surface area contributed by atoms with E-state index in [1.807, 2.05) is 27.7 Å². The predicted octanol–water partition coefficient (Wildman–Crippen LogP) is 1.92. The molecule has 130 valence electrons. The van der Waals surface area contributed by atoms with Gasteiger partial charge in [0.25, 0.3) is 0 Å². The molecule has 8 heteroatoms. The zero-order valence-electron chi connectivity index (χ0n) is 14.1. The molecule has 0 saturated carbocycles. The van der Waals surface area contributed by atoms with Gasteiger partial charge in [-0.25, -0.2) is 17.9 Å². The third kappa shape index (κ3) is 4.33. The number of piperidine rings is 1. The molecule has 23 heavy (non-hydrogen) atoms. The summed E-state index contributed by atoms with van der Waals surface area (Å²) < 4.78 is 30.8. The summed E-state index contributed by atoms with van der Waals surface area (Å²) in [4.78, 5) is 17.8. The summed E-state index contributed by atoms with van der Waals surface area (Å²) in [6, 6.07) is 2.95. The molecule has 0 spiro atoms. The van der Waals surface area contributed by atoms with Gasteiger partial charge in [0.05, 0.1) is 23.6 Å². The first kappa shape index (κ1) is 18.0. The maximum absolute atomic E-state index is 12.2. The van der Waals surface area contributed by atoms with Gasteiger partial charge in [-0.3, -0.25) is 0 Å². The highest BCUT2D eigenvalue weighted by atomic mass is 32.2. The zero-order valence-corrected chi connectivity index (χ0v) is 14.9. The minimum Gasteiger partial charge on any atom is -0.457 e. The average molecular weight is 344 g/mol. The second kappa shape index (κ2) is 5.92. The normalized spacial score (nSPS) is 22.0. The molecule has 1 N–H and O–H groups in total. The van der Waals surface area contributed by atoms with Crippen LogP contribution in [0, 0.1) is 0 Å². The number of carbonyl (C=O) groups is 1. The standard InChI is InChI=1S/C15H24N2O5S/c1-14(2)9-11(16-23(5,19)20)10-15(3,4)17(14)22-13(18)12-7-6-8-21-12/h6-8,11,16H,9-10H2,1-5H3. The van der Waals surface area contributed by atoms with E-state index in [0.29, 0.717) is 12.8 Å². The van der Waals surface area contributed by atoms with Crippen LogP contribution in [0.3, 0.4) is 0 Å². The minimum absolute atomic E-state index is 0.132. The molecule has 0 amide bonds. The molecule has 0 aromatic carbocycles. The second-order valence-electron chi connectivity index (χ2n) is 7.27. The largest absolute Gasteiger partial charge is 0.457 e. The molecule has 1 aliphatic rings. The van der Waals surface area contributed by atoms with E-state index in [-0.39, 0.29) is 11.8 Å². The van der Waals surface area contributed by atoms with E-state index in [0.717, 1.165) is 6.26 Å². The van der Waals surface area contributed by atoms with Gasteiger partial charge in [0.2, 0.25) is 15.8 Å². The van der Waals surface area contributed by atoms with Crippen LogP contribution in [0.4, 0.5) is 0 Å². The minimum atomic E-state index is -3.29. The van der Waals surface area contributed by atoms with E-state index in [1.54, 1.807) is 17.2 Å². The van der Waals surface area contributed by atoms with Gasteiger partial charge in [0.15, 0.2) is 0 Å². The van der Waals surface area contributed by atoms with Gasteiger partial charge < -0.3 is 9.25 Å². The molecule has 1 aromatic rings. The average Bonchev–Trinajstić information content (AvgIpc) is 2.83. The van der Waals surface area contributed by atoms with Crippen LogP contribution in [0.15, 0.2) is 22.8 Å². The molecular weight excluding hydrogens is 320 g/mol. The topological polar surface area (TPSA) is 88.9 Å². The summed E-state index contributed by atoms with van der Waals surface area (Å²) in [5, 5.41) is 1.64. The highest BCUT2D eigenvalue weighted by Crippen LogP contribution is 2.39. The molecule has 0 aliphatic carbocycles. The molecule has 1 saturated heterocycles. The third-order valence-corrected chi connectivity index (χ3v) is 4.63. The summed E-state index contributed by atoms with van der Waals surface area (Å²) >= 11 is 0. The van der Waals surface area contributed by atoms with Crippen LogP contribution in [0.1, 0.15) is 51.1 Å². The molecule has 2 heterocycles. The fourth-order valence-electron chi connectivity index (χ4n) is 3.42. The lowest BCUT2D eigenvalue weighted by molar-refractivity contribution is -0.244. The molecule has 0 bridgehead atoms. The van der Waals surface area contributed by atoms with Crippen LogP contribution in [-0.2, 0) is 14.9 Å². The molecule has 1 aromatic heterocycles. The molecule has 0 unspecified atom stereocenters. The Bertz CT molecular complexity index is 646. The van der Waals surface area contributed by atoms with Gasteiger partial charge in [-0.1, -0.05) is 0 Å². The SMILES string of the molecule is CC1(C)CC(NS(C)(=O)=O)CC(C)(C)N1OC(=O)c1ccco1. The van der Waals surface area contributed by atoms with E-state index < -0.39 is 27.1 Å². The molecule has 7 nitrogen and oxygen atoms in total. The van der Waals surface area contributed by atoms with E-state index in [1.165, 1.54) is 6.26 Å². The van der Waals surface area contributed by atoms with Crippen LogP contribution >= 0.6 is 0 Å². The smallest absolute Gasteiger partial charge is 0.393 e. The van der Waals surface area contributed by atoms with Crippen molar-refractivity contribution in [3.63, 3.8) is 0 Å². The Hall–Kier alpha value is -1.38. The number of carbonyl (C=O) groups excluding carboxylic acids is 1. The lowest BCUT2D eigenvalue weighted by Crippen LogP contribution is -2.64.